The normalized spacial score (nSPS) is 19.6. The lowest BCUT2D eigenvalue weighted by atomic mass is 10.1. The predicted molar refractivity (Wildman–Crippen MR) is 64.2 cm³/mol. The Balaban J connectivity index is 2.13. The molecule has 0 radical (unpaired) electrons. The standard InChI is InChI=1S/C13H15NO4/c15-12-6-7-18-9-11(12)14(13(16)17)8-10-4-2-1-3-5-10/h1-5,11H,6-9H2,(H,16,17)/t11-/m0/s1. The third-order valence-corrected chi connectivity index (χ3v) is 2.96. The highest BCUT2D eigenvalue weighted by atomic mass is 16.5. The van der Waals surface area contributed by atoms with Crippen molar-refractivity contribution >= 4 is 11.9 Å². The summed E-state index contributed by atoms with van der Waals surface area (Å²) in [5.41, 5.74) is 0.860. The molecule has 2 rings (SSSR count). The molecule has 18 heavy (non-hydrogen) atoms. The summed E-state index contributed by atoms with van der Waals surface area (Å²) in [7, 11) is 0. The maximum absolute atomic E-state index is 11.7. The summed E-state index contributed by atoms with van der Waals surface area (Å²) >= 11 is 0. The Kier molecular flexibility index (Phi) is 3.94. The topological polar surface area (TPSA) is 66.8 Å². The van der Waals surface area contributed by atoms with Crippen LogP contribution in [0.25, 0.3) is 0 Å². The van der Waals surface area contributed by atoms with E-state index in [1.165, 1.54) is 0 Å². The van der Waals surface area contributed by atoms with Crippen molar-refractivity contribution in [3.63, 3.8) is 0 Å². The molecule has 96 valence electrons. The van der Waals surface area contributed by atoms with Crippen LogP contribution in [0, 0.1) is 0 Å². The van der Waals surface area contributed by atoms with Crippen LogP contribution in [-0.2, 0) is 16.1 Å². The molecular formula is C13H15NO4. The maximum atomic E-state index is 11.7. The first kappa shape index (κ1) is 12.6. The second kappa shape index (κ2) is 5.64. The Bertz CT molecular complexity index is 432. The highest BCUT2D eigenvalue weighted by Crippen LogP contribution is 2.14. The fourth-order valence-electron chi connectivity index (χ4n) is 1.98. The average Bonchev–Trinajstić information content (AvgIpc) is 2.38. The maximum Gasteiger partial charge on any atom is 0.408 e. The molecule has 5 heteroatoms. The van der Waals surface area contributed by atoms with Crippen LogP contribution < -0.4 is 0 Å². The van der Waals surface area contributed by atoms with Gasteiger partial charge in [-0.1, -0.05) is 30.3 Å². The van der Waals surface area contributed by atoms with Gasteiger partial charge in [-0.25, -0.2) is 4.79 Å². The number of carboxylic acid groups (broad SMARTS) is 1. The fourth-order valence-corrected chi connectivity index (χ4v) is 1.98. The molecule has 0 spiro atoms. The van der Waals surface area contributed by atoms with Gasteiger partial charge in [0.2, 0.25) is 0 Å². The number of ether oxygens (including phenoxy) is 1. The van der Waals surface area contributed by atoms with Gasteiger partial charge in [0.05, 0.1) is 13.2 Å². The second-order valence-electron chi connectivity index (χ2n) is 4.20. The summed E-state index contributed by atoms with van der Waals surface area (Å²) in [5, 5.41) is 9.22. The predicted octanol–water partition coefficient (Wildman–Crippen LogP) is 1.52. The van der Waals surface area contributed by atoms with E-state index in [0.29, 0.717) is 6.61 Å². The number of ketones is 1. The highest BCUT2D eigenvalue weighted by Gasteiger charge is 2.32. The zero-order valence-corrected chi connectivity index (χ0v) is 9.91. The monoisotopic (exact) mass is 249 g/mol. The van der Waals surface area contributed by atoms with Crippen LogP contribution in [0.2, 0.25) is 0 Å². The zero-order valence-electron chi connectivity index (χ0n) is 9.91. The van der Waals surface area contributed by atoms with E-state index in [2.05, 4.69) is 0 Å². The van der Waals surface area contributed by atoms with E-state index in [0.717, 1.165) is 10.5 Å². The van der Waals surface area contributed by atoms with E-state index in [9.17, 15) is 14.7 Å². The number of hydrogen-bond donors (Lipinski definition) is 1. The molecule has 1 saturated heterocycles. The molecule has 1 fully saturated rings. The molecule has 0 bridgehead atoms. The molecule has 1 amide bonds. The summed E-state index contributed by atoms with van der Waals surface area (Å²) in [6.07, 6.45) is -0.814. The van der Waals surface area contributed by atoms with Crippen molar-refractivity contribution in [1.29, 1.82) is 0 Å². The largest absolute Gasteiger partial charge is 0.465 e. The van der Waals surface area contributed by atoms with Gasteiger partial charge in [0, 0.05) is 13.0 Å². The van der Waals surface area contributed by atoms with Gasteiger partial charge in [0.15, 0.2) is 5.78 Å². The summed E-state index contributed by atoms with van der Waals surface area (Å²) in [6, 6.07) is 8.54. The first-order valence-electron chi connectivity index (χ1n) is 5.82. The molecular weight excluding hydrogens is 234 g/mol. The number of Topliss-reactive ketones (excluding diaryl/α,β-unsaturated/α-hetero) is 1. The van der Waals surface area contributed by atoms with E-state index in [1.54, 1.807) is 0 Å². The smallest absolute Gasteiger partial charge is 0.408 e. The molecule has 1 aliphatic heterocycles. The molecule has 1 aromatic rings. The van der Waals surface area contributed by atoms with Crippen molar-refractivity contribution < 1.29 is 19.4 Å². The molecule has 1 heterocycles. The highest BCUT2D eigenvalue weighted by molar-refractivity contribution is 5.87. The van der Waals surface area contributed by atoms with Crippen molar-refractivity contribution in [2.45, 2.75) is 19.0 Å². The van der Waals surface area contributed by atoms with Crippen molar-refractivity contribution in [3.05, 3.63) is 35.9 Å². The van der Waals surface area contributed by atoms with E-state index < -0.39 is 12.1 Å². The molecule has 5 nitrogen and oxygen atoms in total. The van der Waals surface area contributed by atoms with Crippen molar-refractivity contribution in [1.82, 2.24) is 4.90 Å². The van der Waals surface area contributed by atoms with Gasteiger partial charge in [-0.05, 0) is 5.56 Å². The molecule has 0 aromatic heterocycles. The van der Waals surface area contributed by atoms with Gasteiger partial charge in [-0.2, -0.15) is 0 Å². The first-order valence-corrected chi connectivity index (χ1v) is 5.82. The third kappa shape index (κ3) is 2.87. The SMILES string of the molecule is O=C1CCOC[C@@H]1N(Cc1ccccc1)C(=O)O. The average molecular weight is 249 g/mol. The number of nitrogens with zero attached hydrogens (tertiary/aromatic N) is 1. The summed E-state index contributed by atoms with van der Waals surface area (Å²) < 4.78 is 5.20. The van der Waals surface area contributed by atoms with Gasteiger partial charge in [0.25, 0.3) is 0 Å². The van der Waals surface area contributed by atoms with E-state index >= 15 is 0 Å². The van der Waals surface area contributed by atoms with Crippen molar-refractivity contribution in [2.75, 3.05) is 13.2 Å². The number of amides is 1. The minimum Gasteiger partial charge on any atom is -0.465 e. The Morgan fingerprint density at radius 1 is 1.39 bits per heavy atom. The number of rotatable bonds is 3. The minimum atomic E-state index is -1.09. The van der Waals surface area contributed by atoms with Crippen molar-refractivity contribution in [2.24, 2.45) is 0 Å². The fraction of sp³-hybridized carbons (Fsp3) is 0.385. The summed E-state index contributed by atoms with van der Waals surface area (Å²) in [5.74, 6) is -0.0698. The quantitative estimate of drug-likeness (QED) is 0.882. The Morgan fingerprint density at radius 2 is 2.11 bits per heavy atom. The van der Waals surface area contributed by atoms with Gasteiger partial charge >= 0.3 is 6.09 Å². The minimum absolute atomic E-state index is 0.0698. The summed E-state index contributed by atoms with van der Waals surface area (Å²) in [4.78, 5) is 24.2. The molecule has 1 atom stereocenters. The second-order valence-corrected chi connectivity index (χ2v) is 4.20. The van der Waals surface area contributed by atoms with Crippen molar-refractivity contribution in [3.8, 4) is 0 Å². The molecule has 1 aliphatic rings. The van der Waals surface area contributed by atoms with Crippen LogP contribution in [-0.4, -0.2) is 41.1 Å². The van der Waals surface area contributed by atoms with Gasteiger partial charge in [-0.3, -0.25) is 9.69 Å². The van der Waals surface area contributed by atoms with Gasteiger partial charge in [-0.15, -0.1) is 0 Å². The third-order valence-electron chi connectivity index (χ3n) is 2.96. The summed E-state index contributed by atoms with van der Waals surface area (Å²) in [6.45, 7) is 0.738. The molecule has 1 aromatic carbocycles. The number of carbonyl (C=O) groups excluding carboxylic acids is 1. The molecule has 0 unspecified atom stereocenters. The van der Waals surface area contributed by atoms with E-state index in [4.69, 9.17) is 4.74 Å². The Hall–Kier alpha value is -1.88. The lowest BCUT2D eigenvalue weighted by molar-refractivity contribution is -0.131. The first-order chi connectivity index (χ1) is 8.68. The van der Waals surface area contributed by atoms with Crippen LogP contribution in [0.1, 0.15) is 12.0 Å². The number of carbonyl (C=O) groups is 2. The van der Waals surface area contributed by atoms with Gasteiger partial charge < -0.3 is 9.84 Å². The Morgan fingerprint density at radius 3 is 2.72 bits per heavy atom. The zero-order chi connectivity index (χ0) is 13.0. The number of hydrogen-bond acceptors (Lipinski definition) is 3. The number of benzene rings is 1. The van der Waals surface area contributed by atoms with E-state index in [-0.39, 0.29) is 25.4 Å². The van der Waals surface area contributed by atoms with Crippen LogP contribution in [0.4, 0.5) is 4.79 Å². The molecule has 0 aliphatic carbocycles. The lowest BCUT2D eigenvalue weighted by Crippen LogP contribution is -2.49. The van der Waals surface area contributed by atoms with Crippen LogP contribution >= 0.6 is 0 Å². The van der Waals surface area contributed by atoms with E-state index in [1.807, 2.05) is 30.3 Å². The van der Waals surface area contributed by atoms with Crippen LogP contribution in [0.15, 0.2) is 30.3 Å². The molecule has 0 saturated carbocycles. The van der Waals surface area contributed by atoms with Crippen LogP contribution in [0.5, 0.6) is 0 Å². The lowest BCUT2D eigenvalue weighted by Gasteiger charge is -2.30. The Labute approximate surface area is 105 Å². The van der Waals surface area contributed by atoms with Crippen LogP contribution in [0.3, 0.4) is 0 Å². The van der Waals surface area contributed by atoms with Gasteiger partial charge in [0.1, 0.15) is 6.04 Å². The molecule has 1 N–H and O–H groups in total.